The van der Waals surface area contributed by atoms with Crippen LogP contribution in [0, 0.1) is 26.7 Å². The summed E-state index contributed by atoms with van der Waals surface area (Å²) >= 11 is 0. The predicted molar refractivity (Wildman–Crippen MR) is 120 cm³/mol. The van der Waals surface area contributed by atoms with Crippen molar-refractivity contribution in [2.45, 2.75) is 53.4 Å². The van der Waals surface area contributed by atoms with Crippen molar-refractivity contribution in [2.75, 3.05) is 17.2 Å². The van der Waals surface area contributed by atoms with Crippen molar-refractivity contribution < 1.29 is 0 Å². The van der Waals surface area contributed by atoms with Crippen LogP contribution in [0.1, 0.15) is 48.4 Å². The minimum absolute atomic E-state index is 0.845. The van der Waals surface area contributed by atoms with Gasteiger partial charge in [-0.25, -0.2) is 4.98 Å². The zero-order valence-corrected chi connectivity index (χ0v) is 17.8. The molecule has 0 aliphatic heterocycles. The van der Waals surface area contributed by atoms with Crippen molar-refractivity contribution >= 4 is 28.4 Å². The Kier molecular flexibility index (Phi) is 5.05. The number of aromatic nitrogens is 2. The number of aryl methyl sites for hydroxylation is 4. The first-order valence-electron chi connectivity index (χ1n) is 10.5. The van der Waals surface area contributed by atoms with E-state index in [0.29, 0.717) is 0 Å². The lowest BCUT2D eigenvalue weighted by Crippen LogP contribution is -2.05. The Morgan fingerprint density at radius 3 is 2.46 bits per heavy atom. The Morgan fingerprint density at radius 2 is 1.82 bits per heavy atom. The van der Waals surface area contributed by atoms with Crippen molar-refractivity contribution in [3.8, 4) is 0 Å². The van der Waals surface area contributed by atoms with E-state index in [4.69, 9.17) is 4.98 Å². The van der Waals surface area contributed by atoms with Gasteiger partial charge in [0.15, 0.2) is 0 Å². The minimum Gasteiger partial charge on any atom is -0.383 e. The molecule has 3 aromatic rings. The van der Waals surface area contributed by atoms with E-state index in [1.807, 2.05) is 0 Å². The molecule has 148 valence electrons. The number of nitrogens with one attached hydrogen (secondary N) is 2. The van der Waals surface area contributed by atoms with Gasteiger partial charge in [-0.15, -0.1) is 0 Å². The standard InChI is InChI=1S/C24H32N4/c1-6-11-25-20-10-9-19(14-18-7-8-18)22-23(20)28(5)24(27-22)26-21-16(3)12-15(2)13-17(21)4/h9-10,12-13,18,25H,6-8,11,14H2,1-5H3,(H,26,27). The summed E-state index contributed by atoms with van der Waals surface area (Å²) in [5.74, 6) is 1.76. The van der Waals surface area contributed by atoms with Crippen LogP contribution in [0.5, 0.6) is 0 Å². The molecule has 0 spiro atoms. The summed E-state index contributed by atoms with van der Waals surface area (Å²) in [5.41, 5.74) is 9.87. The number of fused-ring (bicyclic) bond motifs is 1. The monoisotopic (exact) mass is 376 g/mol. The summed E-state index contributed by atoms with van der Waals surface area (Å²) in [7, 11) is 2.12. The molecule has 0 bridgehead atoms. The van der Waals surface area contributed by atoms with Gasteiger partial charge in [0, 0.05) is 19.3 Å². The Labute approximate surface area is 168 Å². The largest absolute Gasteiger partial charge is 0.383 e. The van der Waals surface area contributed by atoms with Gasteiger partial charge in [-0.3, -0.25) is 0 Å². The Morgan fingerprint density at radius 1 is 1.11 bits per heavy atom. The highest BCUT2D eigenvalue weighted by Crippen LogP contribution is 2.37. The predicted octanol–water partition coefficient (Wildman–Crippen LogP) is 6.02. The maximum absolute atomic E-state index is 5.07. The summed E-state index contributed by atoms with van der Waals surface area (Å²) < 4.78 is 2.21. The van der Waals surface area contributed by atoms with Crippen LogP contribution in [0.2, 0.25) is 0 Å². The Hall–Kier alpha value is -2.49. The lowest BCUT2D eigenvalue weighted by atomic mass is 10.1. The van der Waals surface area contributed by atoms with Gasteiger partial charge in [-0.05, 0) is 75.1 Å². The van der Waals surface area contributed by atoms with Crippen LogP contribution in [-0.4, -0.2) is 16.1 Å². The smallest absolute Gasteiger partial charge is 0.208 e. The fourth-order valence-electron chi connectivity index (χ4n) is 4.17. The van der Waals surface area contributed by atoms with Gasteiger partial charge >= 0.3 is 0 Å². The molecule has 4 nitrogen and oxygen atoms in total. The Balaban J connectivity index is 1.79. The Bertz CT molecular complexity index is 988. The van der Waals surface area contributed by atoms with Crippen LogP contribution in [0.3, 0.4) is 0 Å². The van der Waals surface area contributed by atoms with E-state index in [1.54, 1.807) is 0 Å². The first kappa shape index (κ1) is 18.9. The molecule has 1 aliphatic carbocycles. The molecule has 1 saturated carbocycles. The number of imidazole rings is 1. The second kappa shape index (κ2) is 7.50. The molecule has 0 amide bonds. The zero-order valence-electron chi connectivity index (χ0n) is 17.8. The molecule has 1 aliphatic rings. The molecule has 1 fully saturated rings. The number of anilines is 3. The molecule has 2 aromatic carbocycles. The van der Waals surface area contributed by atoms with Crippen LogP contribution in [0.25, 0.3) is 11.0 Å². The molecular formula is C24H32N4. The number of hydrogen-bond acceptors (Lipinski definition) is 3. The van der Waals surface area contributed by atoms with E-state index in [1.165, 1.54) is 46.3 Å². The second-order valence-corrected chi connectivity index (χ2v) is 8.44. The lowest BCUT2D eigenvalue weighted by Gasteiger charge is -2.14. The minimum atomic E-state index is 0.845. The molecule has 1 aromatic heterocycles. The third-order valence-electron chi connectivity index (χ3n) is 5.79. The zero-order chi connectivity index (χ0) is 19.8. The van der Waals surface area contributed by atoms with Crippen molar-refractivity contribution in [3.63, 3.8) is 0 Å². The lowest BCUT2D eigenvalue weighted by molar-refractivity contribution is 0.837. The highest BCUT2D eigenvalue weighted by molar-refractivity contribution is 5.93. The van der Waals surface area contributed by atoms with Crippen molar-refractivity contribution in [2.24, 2.45) is 13.0 Å². The number of nitrogens with zero attached hydrogens (tertiary/aromatic N) is 2. The summed E-state index contributed by atoms with van der Waals surface area (Å²) in [4.78, 5) is 5.07. The normalized spacial score (nSPS) is 13.9. The van der Waals surface area contributed by atoms with Gasteiger partial charge in [-0.2, -0.15) is 0 Å². The molecule has 1 heterocycles. The van der Waals surface area contributed by atoms with Crippen LogP contribution in [0.15, 0.2) is 24.3 Å². The molecule has 28 heavy (non-hydrogen) atoms. The fourth-order valence-corrected chi connectivity index (χ4v) is 4.17. The second-order valence-electron chi connectivity index (χ2n) is 8.44. The van der Waals surface area contributed by atoms with E-state index in [-0.39, 0.29) is 0 Å². The summed E-state index contributed by atoms with van der Waals surface area (Å²) in [6.07, 6.45) is 4.97. The van der Waals surface area contributed by atoms with Gasteiger partial charge in [0.05, 0.1) is 16.7 Å². The van der Waals surface area contributed by atoms with Gasteiger partial charge in [0.2, 0.25) is 5.95 Å². The van der Waals surface area contributed by atoms with Crippen molar-refractivity contribution in [1.29, 1.82) is 0 Å². The summed E-state index contributed by atoms with van der Waals surface area (Å²) in [6.45, 7) is 9.65. The van der Waals surface area contributed by atoms with Crippen LogP contribution in [-0.2, 0) is 13.5 Å². The van der Waals surface area contributed by atoms with Crippen LogP contribution >= 0.6 is 0 Å². The fraction of sp³-hybridized carbons (Fsp3) is 0.458. The molecule has 0 radical (unpaired) electrons. The molecule has 0 saturated heterocycles. The van der Waals surface area contributed by atoms with Gasteiger partial charge < -0.3 is 15.2 Å². The quantitative estimate of drug-likeness (QED) is 0.530. The van der Waals surface area contributed by atoms with Crippen LogP contribution < -0.4 is 10.6 Å². The molecule has 0 unspecified atom stereocenters. The van der Waals surface area contributed by atoms with Crippen LogP contribution in [0.4, 0.5) is 17.3 Å². The van der Waals surface area contributed by atoms with Gasteiger partial charge in [0.1, 0.15) is 0 Å². The molecule has 4 heteroatoms. The molecular weight excluding hydrogens is 344 g/mol. The first-order valence-corrected chi connectivity index (χ1v) is 10.5. The van der Waals surface area contributed by atoms with Gasteiger partial charge in [-0.1, -0.05) is 30.7 Å². The maximum atomic E-state index is 5.07. The van der Waals surface area contributed by atoms with E-state index in [2.05, 4.69) is 74.2 Å². The van der Waals surface area contributed by atoms with E-state index in [9.17, 15) is 0 Å². The number of benzene rings is 2. The molecule has 2 N–H and O–H groups in total. The van der Waals surface area contributed by atoms with Crippen molar-refractivity contribution in [3.05, 3.63) is 46.5 Å². The highest BCUT2D eigenvalue weighted by atomic mass is 15.2. The maximum Gasteiger partial charge on any atom is 0.208 e. The van der Waals surface area contributed by atoms with E-state index < -0.39 is 0 Å². The average Bonchev–Trinajstić information content (AvgIpc) is 3.40. The van der Waals surface area contributed by atoms with E-state index in [0.717, 1.165) is 42.5 Å². The first-order chi connectivity index (χ1) is 13.5. The van der Waals surface area contributed by atoms with Crippen molar-refractivity contribution in [1.82, 2.24) is 9.55 Å². The average molecular weight is 377 g/mol. The summed E-state index contributed by atoms with van der Waals surface area (Å²) in [5, 5.41) is 7.22. The molecule has 4 rings (SSSR count). The topological polar surface area (TPSA) is 41.9 Å². The van der Waals surface area contributed by atoms with Gasteiger partial charge in [0.25, 0.3) is 0 Å². The third-order valence-corrected chi connectivity index (χ3v) is 5.79. The number of hydrogen-bond donors (Lipinski definition) is 2. The molecule has 0 atom stereocenters. The third kappa shape index (κ3) is 3.60. The van der Waals surface area contributed by atoms with E-state index >= 15 is 0 Å². The summed E-state index contributed by atoms with van der Waals surface area (Å²) in [6, 6.07) is 8.97. The number of rotatable bonds is 7. The SMILES string of the molecule is CCCNc1ccc(CC2CC2)c2nc(Nc3c(C)cc(C)cc3C)n(C)c12. The highest BCUT2D eigenvalue weighted by Gasteiger charge is 2.24.